The van der Waals surface area contributed by atoms with E-state index in [1.54, 1.807) is 0 Å². The number of nitrogens with one attached hydrogen (secondary N) is 1. The van der Waals surface area contributed by atoms with Crippen molar-refractivity contribution in [3.8, 4) is 0 Å². The van der Waals surface area contributed by atoms with Gasteiger partial charge in [-0.2, -0.15) is 0 Å². The van der Waals surface area contributed by atoms with Crippen LogP contribution in [0, 0.1) is 0 Å². The number of likely N-dealkylation sites (N-methyl/N-ethyl adjacent to an activating group) is 1. The second-order valence-electron chi connectivity index (χ2n) is 5.70. The van der Waals surface area contributed by atoms with Crippen LogP contribution in [0.5, 0.6) is 0 Å². The molecule has 0 aromatic carbocycles. The lowest BCUT2D eigenvalue weighted by Crippen LogP contribution is -2.55. The van der Waals surface area contributed by atoms with Crippen LogP contribution in [0.1, 0.15) is 59.3 Å². The second-order valence-corrected chi connectivity index (χ2v) is 5.70. The summed E-state index contributed by atoms with van der Waals surface area (Å²) in [6, 6.07) is 0.654. The van der Waals surface area contributed by atoms with E-state index < -0.39 is 0 Å². The zero-order valence-corrected chi connectivity index (χ0v) is 12.5. The van der Waals surface area contributed by atoms with Crippen LogP contribution >= 0.6 is 0 Å². The minimum Gasteiger partial charge on any atom is -0.394 e. The van der Waals surface area contributed by atoms with Gasteiger partial charge in [0, 0.05) is 11.6 Å². The van der Waals surface area contributed by atoms with E-state index in [1.165, 1.54) is 32.2 Å². The van der Waals surface area contributed by atoms with Crippen molar-refractivity contribution in [2.24, 2.45) is 0 Å². The van der Waals surface area contributed by atoms with Gasteiger partial charge in [-0.1, -0.05) is 27.2 Å². The first-order valence-electron chi connectivity index (χ1n) is 7.81. The van der Waals surface area contributed by atoms with Gasteiger partial charge >= 0.3 is 0 Å². The van der Waals surface area contributed by atoms with E-state index in [4.69, 9.17) is 0 Å². The maximum Gasteiger partial charge on any atom is 0.0613 e. The van der Waals surface area contributed by atoms with Crippen molar-refractivity contribution in [1.82, 2.24) is 10.2 Å². The maximum absolute atomic E-state index is 9.74. The van der Waals surface area contributed by atoms with Crippen LogP contribution in [0.3, 0.4) is 0 Å². The molecule has 1 fully saturated rings. The summed E-state index contributed by atoms with van der Waals surface area (Å²) in [7, 11) is 0. The van der Waals surface area contributed by atoms with Crippen molar-refractivity contribution in [3.05, 3.63) is 0 Å². The van der Waals surface area contributed by atoms with Gasteiger partial charge in [-0.25, -0.2) is 0 Å². The van der Waals surface area contributed by atoms with Gasteiger partial charge in [0.25, 0.3) is 0 Å². The minimum absolute atomic E-state index is 0.0166. The molecule has 0 heterocycles. The first kappa shape index (κ1) is 15.9. The number of aliphatic hydroxyl groups excluding tert-OH is 1. The van der Waals surface area contributed by atoms with E-state index >= 15 is 0 Å². The monoisotopic (exact) mass is 256 g/mol. The van der Waals surface area contributed by atoms with E-state index in [9.17, 15) is 5.11 Å². The van der Waals surface area contributed by atoms with Gasteiger partial charge in [0.2, 0.25) is 0 Å². The predicted molar refractivity (Wildman–Crippen MR) is 77.9 cm³/mol. The Morgan fingerprint density at radius 3 is 2.67 bits per heavy atom. The third-order valence-electron chi connectivity index (χ3n) is 4.39. The summed E-state index contributed by atoms with van der Waals surface area (Å²) in [4.78, 5) is 2.62. The summed E-state index contributed by atoms with van der Waals surface area (Å²) in [5, 5.41) is 13.3. The van der Waals surface area contributed by atoms with Crippen LogP contribution in [0.25, 0.3) is 0 Å². The molecule has 0 aliphatic heterocycles. The Hall–Kier alpha value is -0.120. The minimum atomic E-state index is -0.0166. The Kier molecular flexibility index (Phi) is 7.20. The second kappa shape index (κ2) is 8.13. The number of hydrogen-bond acceptors (Lipinski definition) is 3. The molecule has 0 radical (unpaired) electrons. The SMILES string of the molecule is CCCCN(CC)C1CCCC(CO)(NCC)C1. The largest absolute Gasteiger partial charge is 0.394 e. The number of hydrogen-bond donors (Lipinski definition) is 2. The van der Waals surface area contributed by atoms with Gasteiger partial charge < -0.3 is 15.3 Å². The average Bonchev–Trinajstić information content (AvgIpc) is 2.40. The summed E-state index contributed by atoms with van der Waals surface area (Å²) < 4.78 is 0. The highest BCUT2D eigenvalue weighted by atomic mass is 16.3. The van der Waals surface area contributed by atoms with Crippen molar-refractivity contribution < 1.29 is 5.11 Å². The molecule has 2 N–H and O–H groups in total. The predicted octanol–water partition coefficient (Wildman–Crippen LogP) is 2.39. The molecule has 0 bridgehead atoms. The van der Waals surface area contributed by atoms with Gasteiger partial charge in [-0.05, 0) is 51.7 Å². The maximum atomic E-state index is 9.74. The Morgan fingerprint density at radius 1 is 1.33 bits per heavy atom. The van der Waals surface area contributed by atoms with Crippen molar-refractivity contribution in [3.63, 3.8) is 0 Å². The third-order valence-corrected chi connectivity index (χ3v) is 4.39. The number of aliphatic hydroxyl groups is 1. The summed E-state index contributed by atoms with van der Waals surface area (Å²) in [6.45, 7) is 10.2. The lowest BCUT2D eigenvalue weighted by molar-refractivity contribution is 0.0617. The van der Waals surface area contributed by atoms with Crippen LogP contribution in [-0.4, -0.2) is 47.8 Å². The molecule has 1 aliphatic rings. The summed E-state index contributed by atoms with van der Waals surface area (Å²) in [5.74, 6) is 0. The normalized spacial score (nSPS) is 28.8. The lowest BCUT2D eigenvalue weighted by atomic mass is 9.78. The van der Waals surface area contributed by atoms with Crippen LogP contribution in [0.4, 0.5) is 0 Å². The molecule has 0 aromatic rings. The van der Waals surface area contributed by atoms with Crippen molar-refractivity contribution in [1.29, 1.82) is 0 Å². The molecule has 3 nitrogen and oxygen atoms in total. The standard InChI is InChI=1S/C15H32N2O/c1-4-7-11-17(6-3)14-9-8-10-15(12-14,13-18)16-5-2/h14,16,18H,4-13H2,1-3H3. The molecule has 108 valence electrons. The van der Waals surface area contributed by atoms with E-state index in [1.807, 2.05) is 0 Å². The fourth-order valence-electron chi connectivity index (χ4n) is 3.34. The van der Waals surface area contributed by atoms with Crippen LogP contribution in [0.2, 0.25) is 0 Å². The zero-order chi connectivity index (χ0) is 13.4. The van der Waals surface area contributed by atoms with E-state index in [2.05, 4.69) is 31.0 Å². The van der Waals surface area contributed by atoms with Gasteiger partial charge in [0.1, 0.15) is 0 Å². The first-order valence-corrected chi connectivity index (χ1v) is 7.81. The molecule has 2 atom stereocenters. The van der Waals surface area contributed by atoms with Gasteiger partial charge in [0.15, 0.2) is 0 Å². The van der Waals surface area contributed by atoms with Gasteiger partial charge in [-0.3, -0.25) is 0 Å². The highest BCUT2D eigenvalue weighted by molar-refractivity contribution is 4.96. The zero-order valence-electron chi connectivity index (χ0n) is 12.5. The quantitative estimate of drug-likeness (QED) is 0.700. The molecule has 2 unspecified atom stereocenters. The van der Waals surface area contributed by atoms with Crippen LogP contribution in [0.15, 0.2) is 0 Å². The highest BCUT2D eigenvalue weighted by Crippen LogP contribution is 2.31. The molecule has 18 heavy (non-hydrogen) atoms. The van der Waals surface area contributed by atoms with Crippen molar-refractivity contribution in [2.75, 3.05) is 26.2 Å². The summed E-state index contributed by atoms with van der Waals surface area (Å²) in [5.41, 5.74) is -0.0166. The van der Waals surface area contributed by atoms with Gasteiger partial charge in [-0.15, -0.1) is 0 Å². The molecule has 1 saturated carbocycles. The Balaban J connectivity index is 2.59. The lowest BCUT2D eigenvalue weighted by Gasteiger charge is -2.44. The topological polar surface area (TPSA) is 35.5 Å². The molecule has 0 aromatic heterocycles. The van der Waals surface area contributed by atoms with Crippen LogP contribution in [-0.2, 0) is 0 Å². The van der Waals surface area contributed by atoms with Crippen LogP contribution < -0.4 is 5.32 Å². The summed E-state index contributed by atoms with van der Waals surface area (Å²) in [6.07, 6.45) is 7.32. The van der Waals surface area contributed by atoms with E-state index in [0.29, 0.717) is 6.04 Å². The molecular formula is C15H32N2O. The molecule has 0 spiro atoms. The Bertz CT molecular complexity index is 219. The molecule has 0 amide bonds. The van der Waals surface area contributed by atoms with Gasteiger partial charge in [0.05, 0.1) is 6.61 Å². The smallest absolute Gasteiger partial charge is 0.0613 e. The highest BCUT2D eigenvalue weighted by Gasteiger charge is 2.36. The van der Waals surface area contributed by atoms with E-state index in [0.717, 1.165) is 25.9 Å². The molecule has 1 aliphatic carbocycles. The molecular weight excluding hydrogens is 224 g/mol. The van der Waals surface area contributed by atoms with Crippen molar-refractivity contribution in [2.45, 2.75) is 70.9 Å². The summed E-state index contributed by atoms with van der Waals surface area (Å²) >= 11 is 0. The van der Waals surface area contributed by atoms with Crippen molar-refractivity contribution >= 4 is 0 Å². The molecule has 0 saturated heterocycles. The van der Waals surface area contributed by atoms with E-state index in [-0.39, 0.29) is 12.1 Å². The average molecular weight is 256 g/mol. The first-order chi connectivity index (χ1) is 8.71. The number of nitrogens with zero attached hydrogens (tertiary/aromatic N) is 1. The molecule has 1 rings (SSSR count). The fraction of sp³-hybridized carbons (Fsp3) is 1.00. The fourth-order valence-corrected chi connectivity index (χ4v) is 3.34. The Labute approximate surface area is 113 Å². The number of rotatable bonds is 8. The Morgan fingerprint density at radius 2 is 2.11 bits per heavy atom. The molecule has 3 heteroatoms. The number of unbranched alkanes of at least 4 members (excludes halogenated alkanes) is 1. The third kappa shape index (κ3) is 4.22.